The molecule has 11 heteroatoms. The maximum Gasteiger partial charge on any atom is 0.271 e. The Morgan fingerprint density at radius 2 is 1.89 bits per heavy atom. The van der Waals surface area contributed by atoms with E-state index in [1.807, 2.05) is 12.1 Å². The van der Waals surface area contributed by atoms with Crippen LogP contribution in [0.15, 0.2) is 53.7 Å². The Morgan fingerprint density at radius 3 is 2.68 bits per heavy atom. The fourth-order valence-electron chi connectivity index (χ4n) is 2.23. The fourth-order valence-corrected chi connectivity index (χ4v) is 3.14. The highest BCUT2D eigenvalue weighted by atomic mass is 35.5. The number of aromatic nitrogens is 4. The van der Waals surface area contributed by atoms with E-state index in [1.165, 1.54) is 4.68 Å². The minimum absolute atomic E-state index is 0.0156. The third-order valence-corrected chi connectivity index (χ3v) is 4.77. The van der Waals surface area contributed by atoms with E-state index < -0.39 is 11.8 Å². The lowest BCUT2D eigenvalue weighted by atomic mass is 10.2. The van der Waals surface area contributed by atoms with Crippen LogP contribution in [0.3, 0.4) is 0 Å². The van der Waals surface area contributed by atoms with Gasteiger partial charge in [0.2, 0.25) is 11.1 Å². The second-order valence-electron chi connectivity index (χ2n) is 5.32. The van der Waals surface area contributed by atoms with Crippen LogP contribution in [0.5, 0.6) is 5.75 Å². The molecule has 0 aliphatic heterocycles. The van der Waals surface area contributed by atoms with Crippen LogP contribution in [-0.2, 0) is 4.79 Å². The molecular formula is C17H15ClN6O3S. The monoisotopic (exact) mass is 418 g/mol. The summed E-state index contributed by atoms with van der Waals surface area (Å²) in [6.07, 6.45) is 0. The lowest BCUT2D eigenvalue weighted by Gasteiger charge is -2.09. The van der Waals surface area contributed by atoms with Gasteiger partial charge in [0, 0.05) is 0 Å². The van der Waals surface area contributed by atoms with Gasteiger partial charge >= 0.3 is 0 Å². The maximum absolute atomic E-state index is 12.0. The van der Waals surface area contributed by atoms with Gasteiger partial charge in [-0.05, 0) is 34.7 Å². The molecule has 3 rings (SSSR count). The van der Waals surface area contributed by atoms with Gasteiger partial charge in [-0.2, -0.15) is 4.68 Å². The van der Waals surface area contributed by atoms with Crippen molar-refractivity contribution in [1.29, 1.82) is 0 Å². The van der Waals surface area contributed by atoms with E-state index in [0.717, 1.165) is 11.8 Å². The van der Waals surface area contributed by atoms with Gasteiger partial charge in [0.25, 0.3) is 5.91 Å². The number of para-hydroxylation sites is 2. The second-order valence-corrected chi connectivity index (χ2v) is 6.67. The number of nitrogens with zero attached hydrogens (tertiary/aromatic N) is 4. The molecule has 9 nitrogen and oxygen atoms in total. The van der Waals surface area contributed by atoms with Crippen molar-refractivity contribution in [1.82, 2.24) is 31.1 Å². The van der Waals surface area contributed by atoms with Crippen LogP contribution in [-0.4, -0.2) is 44.9 Å². The van der Waals surface area contributed by atoms with Gasteiger partial charge in [0.05, 0.1) is 23.4 Å². The number of rotatable bonds is 6. The quantitative estimate of drug-likeness (QED) is 0.464. The number of carbonyl (C=O) groups excluding carboxylic acids is 2. The van der Waals surface area contributed by atoms with Crippen LogP contribution in [0, 0.1) is 0 Å². The number of hydrogen-bond donors (Lipinski definition) is 2. The number of methoxy groups -OCH3 is 1. The molecule has 2 amide bonds. The van der Waals surface area contributed by atoms with Crippen molar-refractivity contribution >= 4 is 35.2 Å². The molecule has 144 valence electrons. The highest BCUT2D eigenvalue weighted by Gasteiger charge is 2.15. The molecule has 3 aromatic rings. The summed E-state index contributed by atoms with van der Waals surface area (Å²) in [5.74, 6) is -0.367. The number of nitrogens with one attached hydrogen (secondary N) is 2. The van der Waals surface area contributed by atoms with Crippen LogP contribution >= 0.6 is 23.4 Å². The van der Waals surface area contributed by atoms with Crippen LogP contribution < -0.4 is 15.6 Å². The molecule has 0 saturated heterocycles. The molecule has 2 aromatic carbocycles. The van der Waals surface area contributed by atoms with Gasteiger partial charge in [-0.1, -0.05) is 47.6 Å². The Bertz CT molecular complexity index is 996. The lowest BCUT2D eigenvalue weighted by molar-refractivity contribution is -0.119. The molecule has 1 aromatic heterocycles. The Balaban J connectivity index is 1.58. The van der Waals surface area contributed by atoms with E-state index in [9.17, 15) is 9.59 Å². The Morgan fingerprint density at radius 1 is 1.14 bits per heavy atom. The van der Waals surface area contributed by atoms with Crippen molar-refractivity contribution in [2.45, 2.75) is 5.16 Å². The molecule has 0 radical (unpaired) electrons. The molecule has 2 N–H and O–H groups in total. The van der Waals surface area contributed by atoms with Crippen molar-refractivity contribution < 1.29 is 14.3 Å². The summed E-state index contributed by atoms with van der Waals surface area (Å²) in [4.78, 5) is 24.1. The number of ether oxygens (including phenoxy) is 1. The van der Waals surface area contributed by atoms with E-state index in [4.69, 9.17) is 16.3 Å². The second kappa shape index (κ2) is 9.20. The molecular weight excluding hydrogens is 404 g/mol. The first-order chi connectivity index (χ1) is 13.6. The summed E-state index contributed by atoms with van der Waals surface area (Å²) in [7, 11) is 1.55. The minimum Gasteiger partial charge on any atom is -0.494 e. The number of hydrazine groups is 1. The maximum atomic E-state index is 12.0. The van der Waals surface area contributed by atoms with Crippen LogP contribution in [0.1, 0.15) is 10.4 Å². The van der Waals surface area contributed by atoms with Crippen LogP contribution in [0.2, 0.25) is 5.02 Å². The molecule has 0 atom stereocenters. The standard InChI is InChI=1S/C17H15ClN6O3S/c1-27-14-9-5-4-8-13(14)24-17(21-22-23-24)28-10-15(25)19-20-16(26)11-6-2-3-7-12(11)18/h2-9H,10H2,1H3,(H,19,25)(H,20,26). The lowest BCUT2D eigenvalue weighted by Crippen LogP contribution is -2.42. The molecule has 0 saturated carbocycles. The predicted molar refractivity (Wildman–Crippen MR) is 103 cm³/mol. The fraction of sp³-hybridized carbons (Fsp3) is 0.118. The summed E-state index contributed by atoms with van der Waals surface area (Å²) in [6, 6.07) is 13.8. The summed E-state index contributed by atoms with van der Waals surface area (Å²) in [6.45, 7) is 0. The number of carbonyl (C=O) groups is 2. The third-order valence-electron chi connectivity index (χ3n) is 3.52. The first-order valence-electron chi connectivity index (χ1n) is 7.98. The van der Waals surface area contributed by atoms with E-state index in [-0.39, 0.29) is 11.3 Å². The average molecular weight is 419 g/mol. The molecule has 0 aliphatic carbocycles. The zero-order valence-electron chi connectivity index (χ0n) is 14.6. The number of tetrazole rings is 1. The van der Waals surface area contributed by atoms with Gasteiger partial charge < -0.3 is 4.74 Å². The molecule has 0 spiro atoms. The number of hydrogen-bond acceptors (Lipinski definition) is 7. The summed E-state index contributed by atoms with van der Waals surface area (Å²) in [5.41, 5.74) is 5.56. The van der Waals surface area contributed by atoms with E-state index >= 15 is 0 Å². The van der Waals surface area contributed by atoms with Gasteiger partial charge in [-0.25, -0.2) is 0 Å². The molecule has 28 heavy (non-hydrogen) atoms. The van der Waals surface area contributed by atoms with Crippen molar-refractivity contribution in [2.24, 2.45) is 0 Å². The molecule has 0 bridgehead atoms. The van der Waals surface area contributed by atoms with E-state index in [0.29, 0.717) is 21.6 Å². The summed E-state index contributed by atoms with van der Waals surface area (Å²) < 4.78 is 6.77. The van der Waals surface area contributed by atoms with Crippen molar-refractivity contribution in [3.05, 3.63) is 59.1 Å². The average Bonchev–Trinajstić information content (AvgIpc) is 3.19. The number of amides is 2. The molecule has 0 aliphatic rings. The third kappa shape index (κ3) is 4.59. The first kappa shape index (κ1) is 19.6. The smallest absolute Gasteiger partial charge is 0.271 e. The van der Waals surface area contributed by atoms with E-state index in [1.54, 1.807) is 43.5 Å². The van der Waals surface area contributed by atoms with Crippen molar-refractivity contribution in [2.75, 3.05) is 12.9 Å². The van der Waals surface area contributed by atoms with Crippen molar-refractivity contribution in [3.8, 4) is 11.4 Å². The van der Waals surface area contributed by atoms with Crippen molar-refractivity contribution in [3.63, 3.8) is 0 Å². The zero-order valence-corrected chi connectivity index (χ0v) is 16.2. The SMILES string of the molecule is COc1ccccc1-n1nnnc1SCC(=O)NNC(=O)c1ccccc1Cl. The highest BCUT2D eigenvalue weighted by molar-refractivity contribution is 7.99. The topological polar surface area (TPSA) is 111 Å². The normalized spacial score (nSPS) is 10.4. The molecule has 0 unspecified atom stereocenters. The Kier molecular flexibility index (Phi) is 6.45. The number of halogens is 1. The predicted octanol–water partition coefficient (Wildman–Crippen LogP) is 1.88. The van der Waals surface area contributed by atoms with Gasteiger partial charge in [0.1, 0.15) is 11.4 Å². The van der Waals surface area contributed by atoms with Crippen LogP contribution in [0.25, 0.3) is 5.69 Å². The molecule has 1 heterocycles. The number of benzene rings is 2. The summed E-state index contributed by atoms with van der Waals surface area (Å²) >= 11 is 7.06. The number of thioether (sulfide) groups is 1. The van der Waals surface area contributed by atoms with Gasteiger partial charge in [0.15, 0.2) is 0 Å². The summed E-state index contributed by atoms with van der Waals surface area (Å²) in [5, 5.41) is 12.2. The van der Waals surface area contributed by atoms with E-state index in [2.05, 4.69) is 26.4 Å². The Hall–Kier alpha value is -3.11. The molecule has 0 fully saturated rings. The Labute approximate surface area is 169 Å². The highest BCUT2D eigenvalue weighted by Crippen LogP contribution is 2.25. The van der Waals surface area contributed by atoms with Gasteiger partial charge in [-0.3, -0.25) is 20.4 Å². The van der Waals surface area contributed by atoms with Gasteiger partial charge in [-0.15, -0.1) is 5.10 Å². The minimum atomic E-state index is -0.511. The largest absolute Gasteiger partial charge is 0.494 e. The first-order valence-corrected chi connectivity index (χ1v) is 9.35. The van der Waals surface area contributed by atoms with Crippen LogP contribution in [0.4, 0.5) is 0 Å². The zero-order chi connectivity index (χ0) is 19.9.